The molecule has 2 rings (SSSR count). The summed E-state index contributed by atoms with van der Waals surface area (Å²) in [6.07, 6.45) is 3.39. The normalized spacial score (nSPS) is 10.7. The van der Waals surface area contributed by atoms with Crippen molar-refractivity contribution >= 4 is 28.8 Å². The lowest BCUT2D eigenvalue weighted by molar-refractivity contribution is 0.0945. The van der Waals surface area contributed by atoms with Crippen molar-refractivity contribution in [3.05, 3.63) is 45.1 Å². The highest BCUT2D eigenvalue weighted by Crippen LogP contribution is 2.29. The number of hydrogen-bond donors (Lipinski definition) is 1. The smallest absolute Gasteiger partial charge is 0.271 e. The van der Waals surface area contributed by atoms with Gasteiger partial charge in [0.1, 0.15) is 5.69 Å². The van der Waals surface area contributed by atoms with Crippen molar-refractivity contribution in [2.75, 3.05) is 0 Å². The summed E-state index contributed by atoms with van der Waals surface area (Å²) in [6.45, 7) is 4.49. The van der Waals surface area contributed by atoms with E-state index in [0.717, 1.165) is 10.4 Å². The molecule has 0 aliphatic rings. The Balaban J connectivity index is 2.08. The molecule has 100 valence electrons. The van der Waals surface area contributed by atoms with Crippen molar-refractivity contribution in [2.24, 2.45) is 0 Å². The second-order valence-electron chi connectivity index (χ2n) is 4.37. The van der Waals surface area contributed by atoms with E-state index in [1.807, 2.05) is 26.0 Å². The molecule has 1 amide bonds. The van der Waals surface area contributed by atoms with E-state index >= 15 is 0 Å². The number of rotatable bonds is 4. The molecular weight excluding hydrogens is 282 g/mol. The first kappa shape index (κ1) is 14.0. The third-order valence-corrected chi connectivity index (χ3v) is 4.03. The van der Waals surface area contributed by atoms with Gasteiger partial charge in [0, 0.05) is 23.8 Å². The maximum atomic E-state index is 12.1. The molecule has 2 heterocycles. The van der Waals surface area contributed by atoms with Crippen molar-refractivity contribution < 1.29 is 4.79 Å². The van der Waals surface area contributed by atoms with E-state index in [1.165, 1.54) is 11.3 Å². The summed E-state index contributed by atoms with van der Waals surface area (Å²) in [4.78, 5) is 21.1. The third-order valence-electron chi connectivity index (χ3n) is 2.57. The number of thiazole rings is 1. The zero-order valence-corrected chi connectivity index (χ0v) is 12.3. The molecule has 0 fully saturated rings. The van der Waals surface area contributed by atoms with Crippen LogP contribution in [0.3, 0.4) is 0 Å². The topological polar surface area (TPSA) is 54.9 Å². The molecule has 2 aromatic heterocycles. The van der Waals surface area contributed by atoms with Gasteiger partial charge in [-0.2, -0.15) is 0 Å². The van der Waals surface area contributed by atoms with E-state index in [4.69, 9.17) is 11.6 Å². The van der Waals surface area contributed by atoms with Gasteiger partial charge in [0.15, 0.2) is 4.47 Å². The number of nitrogens with zero attached hydrogens (tertiary/aromatic N) is 2. The van der Waals surface area contributed by atoms with Crippen molar-refractivity contribution in [3.8, 4) is 0 Å². The summed E-state index contributed by atoms with van der Waals surface area (Å²) < 4.78 is 0.401. The maximum Gasteiger partial charge on any atom is 0.271 e. The second-order valence-corrected chi connectivity index (χ2v) is 5.99. The van der Waals surface area contributed by atoms with Crippen LogP contribution in [0.1, 0.15) is 40.7 Å². The van der Waals surface area contributed by atoms with Crippen LogP contribution in [0.2, 0.25) is 4.47 Å². The standard InChI is InChI=1S/C13H14ClN3OS/c1-8(2)11-10(17-13(14)19-11)12(18)16-7-9-3-5-15-6-4-9/h3-6,8H,7H2,1-2H3,(H,16,18). The van der Waals surface area contributed by atoms with Gasteiger partial charge < -0.3 is 5.32 Å². The highest BCUT2D eigenvalue weighted by Gasteiger charge is 2.19. The van der Waals surface area contributed by atoms with Crippen LogP contribution in [0.5, 0.6) is 0 Å². The molecular formula is C13H14ClN3OS. The number of carbonyl (C=O) groups excluding carboxylic acids is 1. The van der Waals surface area contributed by atoms with Crippen LogP contribution in [0.4, 0.5) is 0 Å². The minimum Gasteiger partial charge on any atom is -0.347 e. The zero-order valence-electron chi connectivity index (χ0n) is 10.7. The second kappa shape index (κ2) is 6.12. The molecule has 0 aliphatic heterocycles. The molecule has 0 radical (unpaired) electrons. The Morgan fingerprint density at radius 1 is 1.42 bits per heavy atom. The van der Waals surface area contributed by atoms with E-state index in [1.54, 1.807) is 12.4 Å². The van der Waals surface area contributed by atoms with Crippen LogP contribution >= 0.6 is 22.9 Å². The van der Waals surface area contributed by atoms with Gasteiger partial charge in [-0.3, -0.25) is 9.78 Å². The SMILES string of the molecule is CC(C)c1sc(Cl)nc1C(=O)NCc1ccncc1. The lowest BCUT2D eigenvalue weighted by Crippen LogP contribution is -2.24. The first-order valence-corrected chi connectivity index (χ1v) is 7.10. The Hall–Kier alpha value is -1.46. The summed E-state index contributed by atoms with van der Waals surface area (Å²) in [5.74, 6) is 0.0373. The van der Waals surface area contributed by atoms with Crippen LogP contribution in [0.15, 0.2) is 24.5 Å². The fourth-order valence-corrected chi connectivity index (χ4v) is 2.75. The van der Waals surface area contributed by atoms with E-state index < -0.39 is 0 Å². The number of carbonyl (C=O) groups is 1. The largest absolute Gasteiger partial charge is 0.347 e. The van der Waals surface area contributed by atoms with E-state index in [2.05, 4.69) is 15.3 Å². The highest BCUT2D eigenvalue weighted by molar-refractivity contribution is 7.16. The first-order valence-electron chi connectivity index (χ1n) is 5.91. The lowest BCUT2D eigenvalue weighted by atomic mass is 10.1. The predicted molar refractivity (Wildman–Crippen MR) is 76.6 cm³/mol. The van der Waals surface area contributed by atoms with Crippen LogP contribution in [-0.2, 0) is 6.54 Å². The van der Waals surface area contributed by atoms with Crippen molar-refractivity contribution in [3.63, 3.8) is 0 Å². The molecule has 2 aromatic rings. The van der Waals surface area contributed by atoms with Gasteiger partial charge in [-0.05, 0) is 23.6 Å². The van der Waals surface area contributed by atoms with Crippen LogP contribution in [0, 0.1) is 0 Å². The molecule has 0 unspecified atom stereocenters. The summed E-state index contributed by atoms with van der Waals surface area (Å²) in [5.41, 5.74) is 1.43. The number of amides is 1. The van der Waals surface area contributed by atoms with Gasteiger partial charge in [0.2, 0.25) is 0 Å². The summed E-state index contributed by atoms with van der Waals surface area (Å²) >= 11 is 7.25. The van der Waals surface area contributed by atoms with Crippen LogP contribution in [0.25, 0.3) is 0 Å². The number of hydrogen-bond acceptors (Lipinski definition) is 4. The molecule has 0 aliphatic carbocycles. The number of halogens is 1. The third kappa shape index (κ3) is 3.52. The minimum absolute atomic E-state index is 0.191. The number of nitrogens with one attached hydrogen (secondary N) is 1. The summed E-state index contributed by atoms with van der Waals surface area (Å²) in [6, 6.07) is 3.72. The Morgan fingerprint density at radius 3 is 2.74 bits per heavy atom. The molecule has 19 heavy (non-hydrogen) atoms. The fourth-order valence-electron chi connectivity index (χ4n) is 1.63. The fraction of sp³-hybridized carbons (Fsp3) is 0.308. The van der Waals surface area contributed by atoms with Crippen LogP contribution < -0.4 is 5.32 Å². The molecule has 6 heteroatoms. The zero-order chi connectivity index (χ0) is 13.8. The summed E-state index contributed by atoms with van der Waals surface area (Å²) in [7, 11) is 0. The van der Waals surface area contributed by atoms with E-state index in [-0.39, 0.29) is 11.8 Å². The monoisotopic (exact) mass is 295 g/mol. The number of pyridine rings is 1. The van der Waals surface area contributed by atoms with Crippen molar-refractivity contribution in [2.45, 2.75) is 26.3 Å². The molecule has 4 nitrogen and oxygen atoms in total. The van der Waals surface area contributed by atoms with Crippen LogP contribution in [-0.4, -0.2) is 15.9 Å². The van der Waals surface area contributed by atoms with Crippen molar-refractivity contribution in [1.82, 2.24) is 15.3 Å². The predicted octanol–water partition coefficient (Wildman–Crippen LogP) is 3.24. The molecule has 0 saturated heterocycles. The van der Waals surface area contributed by atoms with Gasteiger partial charge in [0.25, 0.3) is 5.91 Å². The number of aromatic nitrogens is 2. The molecule has 1 N–H and O–H groups in total. The average Bonchev–Trinajstić information content (AvgIpc) is 2.79. The Kier molecular flexibility index (Phi) is 4.50. The Bertz CT molecular complexity index is 569. The lowest BCUT2D eigenvalue weighted by Gasteiger charge is -2.06. The van der Waals surface area contributed by atoms with Crippen molar-refractivity contribution in [1.29, 1.82) is 0 Å². The van der Waals surface area contributed by atoms with Gasteiger partial charge in [-0.25, -0.2) is 4.98 Å². The first-order chi connectivity index (χ1) is 9.08. The average molecular weight is 296 g/mol. The summed E-state index contributed by atoms with van der Waals surface area (Å²) in [5, 5.41) is 2.84. The van der Waals surface area contributed by atoms with Gasteiger partial charge >= 0.3 is 0 Å². The highest BCUT2D eigenvalue weighted by atomic mass is 35.5. The molecule has 0 spiro atoms. The maximum absolute atomic E-state index is 12.1. The molecule has 0 bridgehead atoms. The van der Waals surface area contributed by atoms with Gasteiger partial charge in [0.05, 0.1) is 0 Å². The Morgan fingerprint density at radius 2 is 2.11 bits per heavy atom. The molecule has 0 aromatic carbocycles. The van der Waals surface area contributed by atoms with E-state index in [0.29, 0.717) is 16.7 Å². The Labute approximate surface area is 120 Å². The molecule has 0 saturated carbocycles. The van der Waals surface area contributed by atoms with Gasteiger partial charge in [-0.1, -0.05) is 25.4 Å². The van der Waals surface area contributed by atoms with E-state index in [9.17, 15) is 4.79 Å². The molecule has 0 atom stereocenters. The quantitative estimate of drug-likeness (QED) is 0.942. The minimum atomic E-state index is -0.191. The van der Waals surface area contributed by atoms with Gasteiger partial charge in [-0.15, -0.1) is 11.3 Å².